The van der Waals surface area contributed by atoms with Crippen LogP contribution in [-0.4, -0.2) is 9.97 Å². The fourth-order valence-corrected chi connectivity index (χ4v) is 12.2. The minimum atomic E-state index is 0.955. The number of pyridine rings is 2. The van der Waals surface area contributed by atoms with E-state index in [1.165, 1.54) is 247 Å². The summed E-state index contributed by atoms with van der Waals surface area (Å²) in [4.78, 5) is 9.48. The van der Waals surface area contributed by atoms with Gasteiger partial charge < -0.3 is 0 Å². The Hall–Kier alpha value is -1.70. The molecule has 4 fully saturated rings. The van der Waals surface area contributed by atoms with E-state index in [0.717, 1.165) is 47.3 Å². The number of unbranched alkanes of at least 4 members (excludes halogenated alkanes) is 3. The van der Waals surface area contributed by atoms with E-state index in [1.807, 2.05) is 0 Å². The Morgan fingerprint density at radius 2 is 0.627 bits per heavy atom. The van der Waals surface area contributed by atoms with Gasteiger partial charge >= 0.3 is 0 Å². The van der Waals surface area contributed by atoms with Gasteiger partial charge in [-0.15, -0.1) is 0 Å². The van der Waals surface area contributed by atoms with Crippen molar-refractivity contribution in [3.05, 3.63) is 59.2 Å². The van der Waals surface area contributed by atoms with Crippen LogP contribution in [0.25, 0.3) is 0 Å². The highest BCUT2D eigenvalue weighted by Crippen LogP contribution is 2.40. The second-order valence-electron chi connectivity index (χ2n) is 21.2. The second kappa shape index (κ2) is 28.8. The third-order valence-corrected chi connectivity index (χ3v) is 16.5. The van der Waals surface area contributed by atoms with Crippen molar-refractivity contribution in [3.63, 3.8) is 0 Å². The topological polar surface area (TPSA) is 25.8 Å². The van der Waals surface area contributed by atoms with E-state index in [4.69, 9.17) is 9.97 Å². The maximum absolute atomic E-state index is 4.75. The molecular formula is C57H96N2. The van der Waals surface area contributed by atoms with Gasteiger partial charge in [-0.2, -0.15) is 0 Å². The van der Waals surface area contributed by atoms with Crippen LogP contribution in [0.1, 0.15) is 249 Å². The summed E-state index contributed by atoms with van der Waals surface area (Å²) in [5.74, 6) is 8.24. The summed E-state index contributed by atoms with van der Waals surface area (Å²) in [6.45, 7) is 9.23. The quantitative estimate of drug-likeness (QED) is 0.105. The monoisotopic (exact) mass is 809 g/mol. The van der Waals surface area contributed by atoms with Gasteiger partial charge in [-0.05, 0) is 122 Å². The van der Waals surface area contributed by atoms with E-state index >= 15 is 0 Å². The Balaban J connectivity index is 0.000000224. The molecule has 0 atom stereocenters. The number of rotatable bonds is 23. The predicted octanol–water partition coefficient (Wildman–Crippen LogP) is 17.5. The zero-order chi connectivity index (χ0) is 41.3. The van der Waals surface area contributed by atoms with Crippen molar-refractivity contribution in [2.75, 3.05) is 0 Å². The summed E-state index contributed by atoms with van der Waals surface area (Å²) < 4.78 is 0. The molecule has 2 aromatic rings. The molecule has 0 spiro atoms. The third-order valence-electron chi connectivity index (χ3n) is 16.5. The lowest BCUT2D eigenvalue weighted by molar-refractivity contribution is 0.209. The van der Waals surface area contributed by atoms with Crippen molar-refractivity contribution in [3.8, 4) is 0 Å². The highest BCUT2D eigenvalue weighted by atomic mass is 14.7. The first-order chi connectivity index (χ1) is 29.0. The lowest BCUT2D eigenvalue weighted by atomic mass is 9.74. The van der Waals surface area contributed by atoms with E-state index in [1.54, 1.807) is 0 Å². The van der Waals surface area contributed by atoms with Crippen molar-refractivity contribution in [1.29, 1.82) is 0 Å². The molecule has 2 heterocycles. The van der Waals surface area contributed by atoms with Crippen LogP contribution >= 0.6 is 0 Å². The summed E-state index contributed by atoms with van der Waals surface area (Å²) in [5.41, 5.74) is 5.46. The van der Waals surface area contributed by atoms with E-state index in [9.17, 15) is 0 Å². The maximum atomic E-state index is 4.75. The van der Waals surface area contributed by atoms with Crippen molar-refractivity contribution in [2.45, 2.75) is 252 Å². The largest absolute Gasteiger partial charge is 0.261 e. The summed E-state index contributed by atoms with van der Waals surface area (Å²) in [7, 11) is 0. The first kappa shape index (κ1) is 48.3. The van der Waals surface area contributed by atoms with Crippen LogP contribution in [0.3, 0.4) is 0 Å². The van der Waals surface area contributed by atoms with Crippen LogP contribution < -0.4 is 0 Å². The van der Waals surface area contributed by atoms with Crippen LogP contribution in [0.15, 0.2) is 36.7 Å². The van der Waals surface area contributed by atoms with Crippen molar-refractivity contribution >= 4 is 0 Å². The number of aryl methyl sites for hydroxylation is 4. The molecule has 59 heavy (non-hydrogen) atoms. The molecule has 0 amide bonds. The number of nitrogens with zero attached hydrogens (tertiary/aromatic N) is 2. The van der Waals surface area contributed by atoms with Crippen LogP contribution in [-0.2, 0) is 25.7 Å². The predicted molar refractivity (Wildman–Crippen MR) is 257 cm³/mol. The van der Waals surface area contributed by atoms with Gasteiger partial charge in [-0.3, -0.25) is 9.97 Å². The molecule has 2 aromatic heterocycles. The minimum Gasteiger partial charge on any atom is -0.261 e. The molecule has 6 rings (SSSR count). The van der Waals surface area contributed by atoms with Gasteiger partial charge in [0, 0.05) is 23.8 Å². The molecule has 0 N–H and O–H groups in total. The first-order valence-corrected chi connectivity index (χ1v) is 26.9. The zero-order valence-electron chi connectivity index (χ0n) is 39.7. The second-order valence-corrected chi connectivity index (χ2v) is 21.2. The number of hydrogen-bond acceptors (Lipinski definition) is 2. The Morgan fingerprint density at radius 3 is 0.915 bits per heavy atom. The summed E-state index contributed by atoms with van der Waals surface area (Å²) in [6, 6.07) is 9.21. The van der Waals surface area contributed by atoms with Crippen molar-refractivity contribution in [1.82, 2.24) is 9.97 Å². The highest BCUT2D eigenvalue weighted by molar-refractivity contribution is 5.15. The van der Waals surface area contributed by atoms with Crippen molar-refractivity contribution < 1.29 is 0 Å². The molecule has 0 saturated heterocycles. The number of hydrogen-bond donors (Lipinski definition) is 0. The van der Waals surface area contributed by atoms with Gasteiger partial charge in [0.25, 0.3) is 0 Å². The molecule has 0 unspecified atom stereocenters. The molecular weight excluding hydrogens is 713 g/mol. The molecule has 0 radical (unpaired) electrons. The van der Waals surface area contributed by atoms with Gasteiger partial charge in [0.2, 0.25) is 0 Å². The Morgan fingerprint density at radius 1 is 0.322 bits per heavy atom. The van der Waals surface area contributed by atoms with Gasteiger partial charge in [0.1, 0.15) is 0 Å². The van der Waals surface area contributed by atoms with Crippen LogP contribution in [0.5, 0.6) is 0 Å². The fraction of sp³-hybridized carbons (Fsp3) is 0.825. The molecule has 0 bridgehead atoms. The molecule has 334 valence electrons. The maximum Gasteiger partial charge on any atom is 0.0403 e. The average molecular weight is 809 g/mol. The molecule has 0 aromatic carbocycles. The van der Waals surface area contributed by atoms with Crippen LogP contribution in [0.2, 0.25) is 0 Å². The number of aromatic nitrogens is 2. The summed E-state index contributed by atoms with van der Waals surface area (Å²) in [6.07, 6.45) is 54.2. The van der Waals surface area contributed by atoms with Gasteiger partial charge in [-0.25, -0.2) is 0 Å². The van der Waals surface area contributed by atoms with Crippen LogP contribution in [0.4, 0.5) is 0 Å². The Bertz CT molecular complexity index is 1280. The molecule has 4 aliphatic carbocycles. The molecule has 4 aliphatic rings. The highest BCUT2D eigenvalue weighted by Gasteiger charge is 2.26. The smallest absolute Gasteiger partial charge is 0.0403 e. The lowest BCUT2D eigenvalue weighted by Gasteiger charge is -2.32. The van der Waals surface area contributed by atoms with Gasteiger partial charge in [-0.1, -0.05) is 213 Å². The zero-order valence-corrected chi connectivity index (χ0v) is 39.7. The third kappa shape index (κ3) is 19.1. The summed E-state index contributed by atoms with van der Waals surface area (Å²) in [5, 5.41) is 0. The summed E-state index contributed by atoms with van der Waals surface area (Å²) >= 11 is 0. The molecule has 0 aliphatic heterocycles. The SMILES string of the molecule is CCCCCc1ccc(CC[C@H]2CC[C@H](CC[C@H]3CC[C@H](CCC)CC3)CC2)nc1.CCCCc1ccc(CC[C@H]2CC[C@H](CC[C@H]3CC[C@H](CCC)CC3)CC2)nc1. The van der Waals surface area contributed by atoms with E-state index in [-0.39, 0.29) is 0 Å². The normalized spacial score (nSPS) is 27.5. The van der Waals surface area contributed by atoms with Crippen LogP contribution in [0, 0.1) is 47.3 Å². The van der Waals surface area contributed by atoms with Gasteiger partial charge in [0.05, 0.1) is 0 Å². The standard InChI is InChI=1S/C29H49N.C28H47N/c1-3-5-6-8-28-20-22-29(30-23-28)21-19-27-17-15-26(16-18-27)14-13-25-11-9-24(7-4-2)10-12-25;1-3-5-7-27-19-21-28(29-22-27)20-18-26-16-14-25(15-17-26)13-12-24-10-8-23(6-4-2)9-11-24/h20,22-27H,3-19,21H2,1-2H3;19,21-26H,3-18,20H2,1-2H3/t24-,25-,26-,27-;23-,24-,25-,26-. The van der Waals surface area contributed by atoms with E-state index in [2.05, 4.69) is 64.4 Å². The van der Waals surface area contributed by atoms with E-state index in [0.29, 0.717) is 0 Å². The Kier molecular flexibility index (Phi) is 23.6. The Labute approximate surface area is 367 Å². The fourth-order valence-electron chi connectivity index (χ4n) is 12.2. The molecule has 2 heteroatoms. The van der Waals surface area contributed by atoms with Crippen molar-refractivity contribution in [2.24, 2.45) is 47.3 Å². The lowest BCUT2D eigenvalue weighted by Crippen LogP contribution is -2.18. The first-order valence-electron chi connectivity index (χ1n) is 26.9. The molecule has 4 saturated carbocycles. The average Bonchev–Trinajstić information content (AvgIpc) is 3.28. The van der Waals surface area contributed by atoms with E-state index < -0.39 is 0 Å². The molecule has 2 nitrogen and oxygen atoms in total. The minimum absolute atomic E-state index is 0.955. The van der Waals surface area contributed by atoms with Gasteiger partial charge in [0.15, 0.2) is 0 Å².